The average Bonchev–Trinajstić information content (AvgIpc) is 3.58. The van der Waals surface area contributed by atoms with Crippen LogP contribution in [0.2, 0.25) is 0 Å². The molecule has 4 aliphatic heterocycles. The summed E-state index contributed by atoms with van der Waals surface area (Å²) in [6, 6.07) is 13.3. The largest absolute Gasteiger partial charge is 0.341 e. The van der Waals surface area contributed by atoms with Gasteiger partial charge in [0.05, 0.1) is 11.7 Å². The zero-order chi connectivity index (χ0) is 31.5. The minimum absolute atomic E-state index is 0.0498. The summed E-state index contributed by atoms with van der Waals surface area (Å²) in [7, 11) is 0. The van der Waals surface area contributed by atoms with Gasteiger partial charge in [-0.3, -0.25) is 9.89 Å². The highest BCUT2D eigenvalue weighted by Gasteiger charge is 2.35. The molecular weight excluding hydrogens is 580 g/mol. The van der Waals surface area contributed by atoms with Crippen molar-refractivity contribution >= 4 is 40.6 Å². The molecule has 3 fully saturated rings. The number of fused-ring (bicyclic) bond motifs is 2. The number of H-pyrrole nitrogens is 1. The third-order valence-corrected chi connectivity index (χ3v) is 10.2. The molecule has 46 heavy (non-hydrogen) atoms. The molecule has 5 heterocycles. The van der Waals surface area contributed by atoms with Crippen molar-refractivity contribution < 1.29 is 14.4 Å². The van der Waals surface area contributed by atoms with Crippen molar-refractivity contribution in [3.63, 3.8) is 0 Å². The van der Waals surface area contributed by atoms with Crippen molar-refractivity contribution in [1.82, 2.24) is 35.1 Å². The first-order chi connectivity index (χ1) is 22.5. The zero-order valence-corrected chi connectivity index (χ0v) is 26.4. The molecule has 0 aliphatic carbocycles. The number of rotatable bonds is 6. The van der Waals surface area contributed by atoms with Crippen molar-refractivity contribution in [3.8, 4) is 0 Å². The van der Waals surface area contributed by atoms with E-state index in [4.69, 9.17) is 0 Å². The van der Waals surface area contributed by atoms with E-state index in [1.807, 2.05) is 64.4 Å². The van der Waals surface area contributed by atoms with E-state index in [-0.39, 0.29) is 24.0 Å². The number of likely N-dealkylation sites (tertiary alicyclic amines) is 3. The van der Waals surface area contributed by atoms with Gasteiger partial charge in [-0.05, 0) is 80.9 Å². The number of piperidine rings is 3. The number of urea groups is 2. The Labute approximate surface area is 270 Å². The van der Waals surface area contributed by atoms with Crippen molar-refractivity contribution in [2.24, 2.45) is 0 Å². The van der Waals surface area contributed by atoms with Crippen LogP contribution in [0, 0.1) is 0 Å². The van der Waals surface area contributed by atoms with E-state index in [2.05, 4.69) is 25.7 Å². The number of aromatic amines is 1. The third kappa shape index (κ3) is 6.60. The molecule has 1 aromatic heterocycles. The first-order valence-corrected chi connectivity index (χ1v) is 16.9. The SMILES string of the molecule is O=C(NC(/C=C/c1ccc2[nH]ncc2c1)C(=O)N1CCC(N2CCCCC2)CC1)N1CCC(N2Cc3ccccc3NC2=O)CC1. The van der Waals surface area contributed by atoms with Crippen molar-refractivity contribution in [3.05, 3.63) is 65.9 Å². The van der Waals surface area contributed by atoms with Crippen molar-refractivity contribution in [2.45, 2.75) is 69.6 Å². The molecule has 11 heteroatoms. The number of aromatic nitrogens is 2. The van der Waals surface area contributed by atoms with E-state index >= 15 is 0 Å². The normalized spacial score (nSPS) is 21.0. The molecule has 5 amide bonds. The summed E-state index contributed by atoms with van der Waals surface area (Å²) in [5.41, 5.74) is 3.85. The van der Waals surface area contributed by atoms with E-state index in [9.17, 15) is 14.4 Å². The summed E-state index contributed by atoms with van der Waals surface area (Å²) in [5, 5.41) is 14.1. The molecule has 0 radical (unpaired) electrons. The average molecular weight is 625 g/mol. The molecule has 242 valence electrons. The number of nitrogens with zero attached hydrogens (tertiary/aromatic N) is 5. The predicted octanol–water partition coefficient (Wildman–Crippen LogP) is 4.64. The third-order valence-electron chi connectivity index (χ3n) is 10.2. The summed E-state index contributed by atoms with van der Waals surface area (Å²) >= 11 is 0. The molecule has 7 rings (SSSR count). The van der Waals surface area contributed by atoms with Gasteiger partial charge < -0.3 is 30.2 Å². The molecule has 3 saturated heterocycles. The number of carbonyl (C=O) groups excluding carboxylic acids is 3. The second-order valence-corrected chi connectivity index (χ2v) is 13.1. The molecule has 1 atom stereocenters. The maximum Gasteiger partial charge on any atom is 0.322 e. The first kappa shape index (κ1) is 30.3. The Bertz CT molecular complexity index is 1580. The van der Waals surface area contributed by atoms with E-state index in [1.165, 1.54) is 19.3 Å². The van der Waals surface area contributed by atoms with Crippen LogP contribution < -0.4 is 10.6 Å². The van der Waals surface area contributed by atoms with Gasteiger partial charge in [-0.1, -0.05) is 42.8 Å². The topological polar surface area (TPSA) is 117 Å². The van der Waals surface area contributed by atoms with E-state index in [0.717, 1.165) is 53.6 Å². The lowest BCUT2D eigenvalue weighted by Crippen LogP contribution is -2.56. The summed E-state index contributed by atoms with van der Waals surface area (Å²) in [4.78, 5) is 48.6. The Morgan fingerprint density at radius 2 is 1.63 bits per heavy atom. The van der Waals surface area contributed by atoms with Crippen LogP contribution in [-0.4, -0.2) is 105 Å². The van der Waals surface area contributed by atoms with Crippen LogP contribution in [0.5, 0.6) is 0 Å². The number of hydrogen-bond acceptors (Lipinski definition) is 5. The summed E-state index contributed by atoms with van der Waals surface area (Å²) in [6.07, 6.45) is 12.7. The molecule has 0 saturated carbocycles. The summed E-state index contributed by atoms with van der Waals surface area (Å²) < 4.78 is 0. The molecule has 4 aliphatic rings. The van der Waals surface area contributed by atoms with E-state index in [1.54, 1.807) is 11.1 Å². The highest BCUT2D eigenvalue weighted by Crippen LogP contribution is 2.28. The van der Waals surface area contributed by atoms with Gasteiger partial charge in [0.1, 0.15) is 6.04 Å². The Hall–Kier alpha value is -4.38. The minimum Gasteiger partial charge on any atom is -0.341 e. The number of anilines is 1. The monoisotopic (exact) mass is 624 g/mol. The molecule has 11 nitrogen and oxygen atoms in total. The van der Waals surface area contributed by atoms with Crippen LogP contribution in [0.15, 0.2) is 54.7 Å². The van der Waals surface area contributed by atoms with Crippen LogP contribution in [-0.2, 0) is 11.3 Å². The number of hydrogen-bond donors (Lipinski definition) is 3. The van der Waals surface area contributed by atoms with Crippen LogP contribution in [0.1, 0.15) is 56.1 Å². The quantitative estimate of drug-likeness (QED) is 0.370. The van der Waals surface area contributed by atoms with Gasteiger partial charge in [-0.15, -0.1) is 0 Å². The van der Waals surface area contributed by atoms with Crippen molar-refractivity contribution in [2.75, 3.05) is 44.6 Å². The molecule has 1 unspecified atom stereocenters. The number of carbonyl (C=O) groups is 3. The van der Waals surface area contributed by atoms with Gasteiger partial charge in [0, 0.05) is 55.9 Å². The molecule has 3 N–H and O–H groups in total. The zero-order valence-electron chi connectivity index (χ0n) is 26.4. The highest BCUT2D eigenvalue weighted by atomic mass is 16.2. The fourth-order valence-corrected chi connectivity index (χ4v) is 7.52. The maximum absolute atomic E-state index is 13.9. The Balaban J connectivity index is 0.999. The Morgan fingerprint density at radius 3 is 2.43 bits per heavy atom. The van der Waals surface area contributed by atoms with E-state index < -0.39 is 6.04 Å². The van der Waals surface area contributed by atoms with Crippen molar-refractivity contribution in [1.29, 1.82) is 0 Å². The highest BCUT2D eigenvalue weighted by molar-refractivity contribution is 5.93. The van der Waals surface area contributed by atoms with Gasteiger partial charge >= 0.3 is 12.1 Å². The van der Waals surface area contributed by atoms with Gasteiger partial charge in [0.15, 0.2) is 0 Å². The molecule has 0 bridgehead atoms. The van der Waals surface area contributed by atoms with Crippen LogP contribution in [0.3, 0.4) is 0 Å². The second-order valence-electron chi connectivity index (χ2n) is 13.1. The second kappa shape index (κ2) is 13.5. The number of amides is 5. The Kier molecular flexibility index (Phi) is 8.91. The predicted molar refractivity (Wildman–Crippen MR) is 178 cm³/mol. The van der Waals surface area contributed by atoms with Crippen LogP contribution >= 0.6 is 0 Å². The molecular formula is C35H44N8O3. The summed E-state index contributed by atoms with van der Waals surface area (Å²) in [6.45, 7) is 5.33. The van der Waals surface area contributed by atoms with Gasteiger partial charge in [0.2, 0.25) is 5.91 Å². The maximum atomic E-state index is 13.9. The molecule has 0 spiro atoms. The lowest BCUT2D eigenvalue weighted by molar-refractivity contribution is -0.133. The van der Waals surface area contributed by atoms with Gasteiger partial charge in [-0.25, -0.2) is 9.59 Å². The number of benzene rings is 2. The Morgan fingerprint density at radius 1 is 0.891 bits per heavy atom. The van der Waals surface area contributed by atoms with E-state index in [0.29, 0.717) is 51.6 Å². The fraction of sp³-hybridized carbons (Fsp3) is 0.486. The molecule has 3 aromatic rings. The lowest BCUT2D eigenvalue weighted by atomic mass is 9.99. The minimum atomic E-state index is -0.777. The van der Waals surface area contributed by atoms with Gasteiger partial charge in [0.25, 0.3) is 0 Å². The smallest absolute Gasteiger partial charge is 0.322 e. The van der Waals surface area contributed by atoms with Crippen LogP contribution in [0.4, 0.5) is 15.3 Å². The standard InChI is InChI=1S/C35H44N8O3/c44-33(41-18-12-28(13-19-41)40-16-4-1-5-17-40)32(11-9-25-8-10-31-27(22-25)23-36-39-31)38-34(45)42-20-14-29(15-21-42)43-24-26-6-2-3-7-30(26)37-35(43)46/h2-3,6-11,22-23,28-29,32H,1,4-5,12-21,24H2,(H,36,39)(H,37,46)(H,38,45)/b11-9+. The number of nitrogens with one attached hydrogen (secondary N) is 3. The number of para-hydroxylation sites is 1. The molecule has 2 aromatic carbocycles. The summed E-state index contributed by atoms with van der Waals surface area (Å²) in [5.74, 6) is -0.0652. The first-order valence-electron chi connectivity index (χ1n) is 16.9. The van der Waals surface area contributed by atoms with Gasteiger partial charge in [-0.2, -0.15) is 5.10 Å². The fourth-order valence-electron chi connectivity index (χ4n) is 7.52. The van der Waals surface area contributed by atoms with Crippen LogP contribution in [0.25, 0.3) is 17.0 Å². The lowest BCUT2D eigenvalue weighted by Gasteiger charge is -2.41.